The van der Waals surface area contributed by atoms with Crippen molar-refractivity contribution in [3.63, 3.8) is 0 Å². The summed E-state index contributed by atoms with van der Waals surface area (Å²) in [6.07, 6.45) is 6.18. The number of para-hydroxylation sites is 1. The first kappa shape index (κ1) is 23.2. The molecule has 4 aromatic rings. The van der Waals surface area contributed by atoms with E-state index in [-0.39, 0.29) is 5.91 Å². The van der Waals surface area contributed by atoms with E-state index in [1.54, 1.807) is 12.4 Å². The molecule has 0 radical (unpaired) electrons. The number of aromatic amines is 1. The van der Waals surface area contributed by atoms with Gasteiger partial charge in [-0.25, -0.2) is 0 Å². The van der Waals surface area contributed by atoms with Gasteiger partial charge in [0.1, 0.15) is 11.9 Å². The van der Waals surface area contributed by atoms with Crippen LogP contribution < -0.4 is 15.4 Å². The number of ether oxygens (including phenoxy) is 1. The van der Waals surface area contributed by atoms with Gasteiger partial charge in [0.15, 0.2) is 5.82 Å². The first-order chi connectivity index (χ1) is 16.9. The van der Waals surface area contributed by atoms with E-state index in [1.807, 2.05) is 37.3 Å². The lowest BCUT2D eigenvalue weighted by atomic mass is 10.1. The maximum absolute atomic E-state index is 12.0. The number of benzene rings is 2. The largest absolute Gasteiger partial charge is 0.486 e. The average molecular weight is 508 g/mol. The van der Waals surface area contributed by atoms with Crippen LogP contribution in [0.25, 0.3) is 10.9 Å². The highest BCUT2D eigenvalue weighted by atomic mass is 35.5. The van der Waals surface area contributed by atoms with Gasteiger partial charge in [0, 0.05) is 23.3 Å². The van der Waals surface area contributed by atoms with Gasteiger partial charge in [-0.2, -0.15) is 5.10 Å². The van der Waals surface area contributed by atoms with Crippen molar-refractivity contribution < 1.29 is 9.53 Å². The quantitative estimate of drug-likeness (QED) is 0.220. The van der Waals surface area contributed by atoms with Crippen molar-refractivity contribution in [1.82, 2.24) is 15.2 Å². The average Bonchev–Trinajstić information content (AvgIpc) is 3.61. The smallest absolute Gasteiger partial charge is 0.247 e. The van der Waals surface area contributed by atoms with Crippen LogP contribution in [0, 0.1) is 0 Å². The summed E-state index contributed by atoms with van der Waals surface area (Å²) in [6.45, 7) is 5.44. The van der Waals surface area contributed by atoms with E-state index in [4.69, 9.17) is 27.9 Å². The molecule has 2 heterocycles. The van der Waals surface area contributed by atoms with Gasteiger partial charge in [-0.15, -0.1) is 0 Å². The number of rotatable bonds is 8. The van der Waals surface area contributed by atoms with Crippen molar-refractivity contribution in [2.75, 3.05) is 10.6 Å². The number of aromatic nitrogens is 3. The van der Waals surface area contributed by atoms with Gasteiger partial charge >= 0.3 is 0 Å². The molecule has 9 heteroatoms. The van der Waals surface area contributed by atoms with Crippen LogP contribution in [0.15, 0.2) is 61.4 Å². The van der Waals surface area contributed by atoms with Crippen LogP contribution >= 0.6 is 23.2 Å². The summed E-state index contributed by atoms with van der Waals surface area (Å²) in [5, 5.41) is 15.6. The zero-order valence-electron chi connectivity index (χ0n) is 18.9. The van der Waals surface area contributed by atoms with Crippen molar-refractivity contribution in [3.05, 3.63) is 82.6 Å². The summed E-state index contributed by atoms with van der Waals surface area (Å²) < 4.78 is 6.17. The van der Waals surface area contributed by atoms with E-state index in [0.717, 1.165) is 35.0 Å². The minimum absolute atomic E-state index is 0.272. The lowest BCUT2D eigenvalue weighted by Crippen LogP contribution is -2.10. The van der Waals surface area contributed by atoms with Crippen molar-refractivity contribution in [2.45, 2.75) is 31.8 Å². The fourth-order valence-corrected chi connectivity index (χ4v) is 4.76. The number of halogens is 2. The van der Waals surface area contributed by atoms with Crippen LogP contribution in [0.2, 0.25) is 10.0 Å². The maximum atomic E-state index is 12.0. The van der Waals surface area contributed by atoms with E-state index in [9.17, 15) is 4.79 Å². The number of carbonyl (C=O) groups excluding carboxylic acids is 1. The molecule has 3 N–H and O–H groups in total. The van der Waals surface area contributed by atoms with Crippen LogP contribution in [-0.4, -0.2) is 21.1 Å². The van der Waals surface area contributed by atoms with Gasteiger partial charge in [0.25, 0.3) is 0 Å². The number of nitrogens with zero attached hydrogens (tertiary/aromatic N) is 2. The van der Waals surface area contributed by atoms with Crippen molar-refractivity contribution >= 4 is 57.2 Å². The summed E-state index contributed by atoms with van der Waals surface area (Å²) in [7, 11) is 0. The summed E-state index contributed by atoms with van der Waals surface area (Å²) >= 11 is 12.6. The highest BCUT2D eigenvalue weighted by Gasteiger charge is 2.28. The lowest BCUT2D eigenvalue weighted by molar-refractivity contribution is -0.111. The molecule has 178 valence electrons. The van der Waals surface area contributed by atoms with Gasteiger partial charge in [-0.1, -0.05) is 41.9 Å². The molecule has 0 aliphatic heterocycles. The van der Waals surface area contributed by atoms with Gasteiger partial charge < -0.3 is 15.4 Å². The van der Waals surface area contributed by atoms with Gasteiger partial charge in [0.2, 0.25) is 5.91 Å². The number of hydrogen-bond donors (Lipinski definition) is 3. The number of hydrogen-bond acceptors (Lipinski definition) is 5. The molecule has 5 rings (SSSR count). The molecule has 2 aromatic carbocycles. The van der Waals surface area contributed by atoms with E-state index >= 15 is 0 Å². The Morgan fingerprint density at radius 3 is 2.71 bits per heavy atom. The molecular weight excluding hydrogens is 485 g/mol. The van der Waals surface area contributed by atoms with Crippen molar-refractivity contribution in [2.24, 2.45) is 0 Å². The number of fused-ring (bicyclic) bond motifs is 1. The molecule has 1 aliphatic rings. The van der Waals surface area contributed by atoms with E-state index in [0.29, 0.717) is 38.8 Å². The molecule has 7 nitrogen and oxygen atoms in total. The highest BCUT2D eigenvalue weighted by Crippen LogP contribution is 2.46. The molecule has 0 bridgehead atoms. The molecule has 2 aromatic heterocycles. The Labute approximate surface area is 212 Å². The summed E-state index contributed by atoms with van der Waals surface area (Å²) in [5.74, 6) is 1.44. The maximum Gasteiger partial charge on any atom is 0.247 e. The van der Waals surface area contributed by atoms with E-state index < -0.39 is 6.10 Å². The lowest BCUT2D eigenvalue weighted by Gasteiger charge is -2.18. The molecule has 1 atom stereocenters. The standard InChI is InChI=1S/C26H23Cl2N5O2/c1-3-23(34)30-22-6-4-5-17(15-7-8-15)25(22)31-26-18-11-16(9-10-21(18)32-33-26)35-14(2)24-19(27)12-29-13-20(24)28/h3-6,9-15H,1,7-8H2,2H3,(H,30,34)(H2,31,32,33)/t14-/m1/s1. The third-order valence-corrected chi connectivity index (χ3v) is 6.55. The van der Waals surface area contributed by atoms with E-state index in [1.165, 1.54) is 6.08 Å². The van der Waals surface area contributed by atoms with Crippen LogP contribution in [0.3, 0.4) is 0 Å². The zero-order valence-corrected chi connectivity index (χ0v) is 20.5. The Bertz CT molecular complexity index is 1410. The Kier molecular flexibility index (Phi) is 6.36. The zero-order chi connectivity index (χ0) is 24.5. The SMILES string of the molecule is C=CC(=O)Nc1cccc(C2CC2)c1Nc1n[nH]c2ccc(O[C@H](C)c3c(Cl)cncc3Cl)cc12. The van der Waals surface area contributed by atoms with E-state index in [2.05, 4.69) is 38.5 Å². The van der Waals surface area contributed by atoms with Crippen LogP contribution in [0.4, 0.5) is 17.2 Å². The second-order valence-corrected chi connectivity index (χ2v) is 9.23. The Hall–Kier alpha value is -3.55. The monoisotopic (exact) mass is 507 g/mol. The molecule has 0 saturated heterocycles. The van der Waals surface area contributed by atoms with Crippen molar-refractivity contribution in [1.29, 1.82) is 0 Å². The fourth-order valence-electron chi connectivity index (χ4n) is 4.08. The Morgan fingerprint density at radius 1 is 1.23 bits per heavy atom. The van der Waals surface area contributed by atoms with Gasteiger partial charge in [-0.05, 0) is 61.6 Å². The minimum Gasteiger partial charge on any atom is -0.486 e. The molecule has 1 aliphatic carbocycles. The number of nitrogens with one attached hydrogen (secondary N) is 3. The number of pyridine rings is 1. The molecule has 0 unspecified atom stereocenters. The summed E-state index contributed by atoms with van der Waals surface area (Å²) in [6, 6.07) is 11.6. The second-order valence-electron chi connectivity index (χ2n) is 8.42. The fraction of sp³-hybridized carbons (Fsp3) is 0.192. The molecule has 1 fully saturated rings. The van der Waals surface area contributed by atoms with Gasteiger partial charge in [0.05, 0.1) is 26.9 Å². The number of anilines is 3. The minimum atomic E-state index is -0.393. The van der Waals surface area contributed by atoms with Crippen molar-refractivity contribution in [3.8, 4) is 5.75 Å². The molecule has 0 spiro atoms. The molecule has 1 saturated carbocycles. The number of H-pyrrole nitrogens is 1. The third-order valence-electron chi connectivity index (χ3n) is 5.94. The normalized spacial score (nSPS) is 13.9. The number of carbonyl (C=O) groups is 1. The first-order valence-electron chi connectivity index (χ1n) is 11.2. The van der Waals surface area contributed by atoms with Gasteiger partial charge in [-0.3, -0.25) is 14.9 Å². The topological polar surface area (TPSA) is 91.9 Å². The second kappa shape index (κ2) is 9.60. The molecular formula is C26H23Cl2N5O2. The van der Waals surface area contributed by atoms with Crippen LogP contribution in [0.5, 0.6) is 5.75 Å². The van der Waals surface area contributed by atoms with Crippen LogP contribution in [0.1, 0.15) is 42.9 Å². The predicted octanol–water partition coefficient (Wildman–Crippen LogP) is 7.15. The highest BCUT2D eigenvalue weighted by molar-refractivity contribution is 6.35. The first-order valence-corrected chi connectivity index (χ1v) is 12.0. The summed E-state index contributed by atoms with van der Waals surface area (Å²) in [4.78, 5) is 16.0. The Morgan fingerprint density at radius 2 is 2.00 bits per heavy atom. The predicted molar refractivity (Wildman–Crippen MR) is 140 cm³/mol. The Balaban J connectivity index is 1.47. The molecule has 1 amide bonds. The molecule has 35 heavy (non-hydrogen) atoms. The number of amides is 1. The third kappa shape index (κ3) is 4.83. The van der Waals surface area contributed by atoms with Crippen LogP contribution in [-0.2, 0) is 4.79 Å². The summed E-state index contributed by atoms with van der Waals surface area (Å²) in [5.41, 5.74) is 4.17.